The molecule has 0 heterocycles. The molecular weight excluding hydrogens is 216 g/mol. The lowest BCUT2D eigenvalue weighted by Crippen LogP contribution is -2.11. The van der Waals surface area contributed by atoms with Gasteiger partial charge in [-0.1, -0.05) is 0 Å². The van der Waals surface area contributed by atoms with Crippen molar-refractivity contribution in [3.8, 4) is 5.75 Å². The van der Waals surface area contributed by atoms with Crippen LogP contribution in [0.25, 0.3) is 0 Å². The van der Waals surface area contributed by atoms with Gasteiger partial charge in [0.25, 0.3) is 0 Å². The van der Waals surface area contributed by atoms with Gasteiger partial charge in [0.05, 0.1) is 5.56 Å². The van der Waals surface area contributed by atoms with Gasteiger partial charge < -0.3 is 9.84 Å². The summed E-state index contributed by atoms with van der Waals surface area (Å²) in [5, 5.41) is 8.44. The average molecular weight is 226 g/mol. The molecule has 0 atom stereocenters. The van der Waals surface area contributed by atoms with Gasteiger partial charge in [-0.3, -0.25) is 4.79 Å². The largest absolute Gasteiger partial charge is 0.481 e. The molecule has 0 spiro atoms. The van der Waals surface area contributed by atoms with Crippen LogP contribution in [0.3, 0.4) is 0 Å². The minimum atomic E-state index is -1.09. The second kappa shape index (κ2) is 4.84. The van der Waals surface area contributed by atoms with Gasteiger partial charge in [-0.05, 0) is 25.1 Å². The fraction of sp³-hybridized carbons (Fsp3) is 0.200. The third-order valence-corrected chi connectivity index (χ3v) is 1.97. The van der Waals surface area contributed by atoms with Crippen molar-refractivity contribution in [2.75, 3.05) is 6.61 Å². The Bertz CT molecular complexity index is 400. The molecule has 0 radical (unpaired) electrons. The monoisotopic (exact) mass is 226 g/mol. The van der Waals surface area contributed by atoms with Crippen LogP contribution in [-0.4, -0.2) is 23.5 Å². The number of Topliss-reactive ketones (excluding diaryl/α,β-unsaturated/α-hetero) is 1. The highest BCUT2D eigenvalue weighted by atomic mass is 32.1. The molecule has 0 aromatic heterocycles. The summed E-state index contributed by atoms with van der Waals surface area (Å²) in [6.45, 7) is 0.915. The van der Waals surface area contributed by atoms with Gasteiger partial charge >= 0.3 is 5.97 Å². The summed E-state index contributed by atoms with van der Waals surface area (Å²) in [5.74, 6) is -1.02. The summed E-state index contributed by atoms with van der Waals surface area (Å²) in [7, 11) is 0. The second-order valence-electron chi connectivity index (χ2n) is 2.92. The van der Waals surface area contributed by atoms with Gasteiger partial charge in [0, 0.05) is 4.90 Å². The summed E-state index contributed by atoms with van der Waals surface area (Å²) in [5.41, 5.74) is 0.356. The van der Waals surface area contributed by atoms with E-state index in [0.717, 1.165) is 0 Å². The Morgan fingerprint density at radius 3 is 2.67 bits per heavy atom. The van der Waals surface area contributed by atoms with Crippen LogP contribution in [0, 0.1) is 0 Å². The molecule has 80 valence electrons. The Labute approximate surface area is 92.3 Å². The van der Waals surface area contributed by atoms with E-state index in [-0.39, 0.29) is 11.5 Å². The van der Waals surface area contributed by atoms with Gasteiger partial charge in [-0.25, -0.2) is 4.79 Å². The Kier molecular flexibility index (Phi) is 3.74. The van der Waals surface area contributed by atoms with Gasteiger partial charge in [-0.2, -0.15) is 0 Å². The molecule has 1 N–H and O–H groups in total. The molecule has 1 rings (SSSR count). The quantitative estimate of drug-likeness (QED) is 0.605. The van der Waals surface area contributed by atoms with Gasteiger partial charge in [0.1, 0.15) is 5.75 Å². The lowest BCUT2D eigenvalue weighted by atomic mass is 10.1. The van der Waals surface area contributed by atoms with Crippen LogP contribution < -0.4 is 4.74 Å². The summed E-state index contributed by atoms with van der Waals surface area (Å²) < 4.78 is 4.97. The zero-order chi connectivity index (χ0) is 11.4. The SMILES string of the molecule is CC(=O)c1ccc(S)cc1OCC(=O)O. The van der Waals surface area contributed by atoms with E-state index in [1.165, 1.54) is 13.0 Å². The molecule has 0 aliphatic carbocycles. The fourth-order valence-electron chi connectivity index (χ4n) is 1.06. The molecule has 1 aromatic rings. The van der Waals surface area contributed by atoms with E-state index in [4.69, 9.17) is 9.84 Å². The Balaban J connectivity index is 2.96. The van der Waals surface area contributed by atoms with E-state index in [1.54, 1.807) is 12.1 Å². The molecular formula is C10H10O4S. The molecule has 5 heteroatoms. The number of thiol groups is 1. The topological polar surface area (TPSA) is 63.6 Å². The maximum atomic E-state index is 11.2. The van der Waals surface area contributed by atoms with Crippen molar-refractivity contribution in [3.63, 3.8) is 0 Å². The van der Waals surface area contributed by atoms with E-state index in [0.29, 0.717) is 10.5 Å². The van der Waals surface area contributed by atoms with Crippen LogP contribution in [0.4, 0.5) is 0 Å². The first kappa shape index (κ1) is 11.6. The number of ether oxygens (including phenoxy) is 1. The highest BCUT2D eigenvalue weighted by Crippen LogP contribution is 2.22. The zero-order valence-electron chi connectivity index (χ0n) is 8.06. The number of carboxylic acids is 1. The standard InChI is InChI=1S/C10H10O4S/c1-6(11)8-3-2-7(15)4-9(8)14-5-10(12)13/h2-4,15H,5H2,1H3,(H,12,13). The Hall–Kier alpha value is -1.49. The van der Waals surface area contributed by atoms with Crippen LogP contribution >= 0.6 is 12.6 Å². The average Bonchev–Trinajstić information content (AvgIpc) is 2.14. The first-order chi connectivity index (χ1) is 7.00. The Morgan fingerprint density at radius 1 is 1.47 bits per heavy atom. The number of rotatable bonds is 4. The maximum Gasteiger partial charge on any atom is 0.341 e. The summed E-state index contributed by atoms with van der Waals surface area (Å²) in [4.78, 5) is 22.1. The number of hydrogen-bond donors (Lipinski definition) is 2. The third kappa shape index (κ3) is 3.28. The van der Waals surface area contributed by atoms with Crippen LogP contribution in [0.2, 0.25) is 0 Å². The fourth-order valence-corrected chi connectivity index (χ4v) is 1.25. The van der Waals surface area contributed by atoms with E-state index in [9.17, 15) is 9.59 Å². The number of hydrogen-bond acceptors (Lipinski definition) is 4. The van der Waals surface area contributed by atoms with Crippen LogP contribution in [-0.2, 0) is 4.79 Å². The Morgan fingerprint density at radius 2 is 2.13 bits per heavy atom. The lowest BCUT2D eigenvalue weighted by molar-refractivity contribution is -0.139. The normalized spacial score (nSPS) is 9.73. The van der Waals surface area contributed by atoms with Crippen LogP contribution in [0.15, 0.2) is 23.1 Å². The van der Waals surface area contributed by atoms with Crippen molar-refractivity contribution in [1.82, 2.24) is 0 Å². The van der Waals surface area contributed by atoms with Crippen molar-refractivity contribution in [3.05, 3.63) is 23.8 Å². The van der Waals surface area contributed by atoms with E-state index in [2.05, 4.69) is 12.6 Å². The first-order valence-corrected chi connectivity index (χ1v) is 4.64. The highest BCUT2D eigenvalue weighted by molar-refractivity contribution is 7.80. The minimum Gasteiger partial charge on any atom is -0.481 e. The van der Waals surface area contributed by atoms with Crippen molar-refractivity contribution in [2.45, 2.75) is 11.8 Å². The number of carbonyl (C=O) groups excluding carboxylic acids is 1. The molecule has 0 aliphatic heterocycles. The number of benzene rings is 1. The van der Waals surface area contributed by atoms with Gasteiger partial charge in [-0.15, -0.1) is 12.6 Å². The molecule has 15 heavy (non-hydrogen) atoms. The molecule has 4 nitrogen and oxygen atoms in total. The van der Waals surface area contributed by atoms with Gasteiger partial charge in [0.15, 0.2) is 12.4 Å². The number of carboxylic acid groups (broad SMARTS) is 1. The molecule has 0 saturated heterocycles. The van der Waals surface area contributed by atoms with Crippen molar-refractivity contribution < 1.29 is 19.4 Å². The van der Waals surface area contributed by atoms with Crippen molar-refractivity contribution >= 4 is 24.4 Å². The van der Waals surface area contributed by atoms with E-state index >= 15 is 0 Å². The molecule has 0 amide bonds. The molecule has 0 aliphatic rings. The number of aliphatic carboxylic acids is 1. The summed E-state index contributed by atoms with van der Waals surface area (Å²) >= 11 is 4.08. The third-order valence-electron chi connectivity index (χ3n) is 1.70. The molecule has 0 fully saturated rings. The van der Waals surface area contributed by atoms with Crippen molar-refractivity contribution in [1.29, 1.82) is 0 Å². The smallest absolute Gasteiger partial charge is 0.341 e. The number of carbonyl (C=O) groups is 2. The lowest BCUT2D eigenvalue weighted by Gasteiger charge is -2.08. The number of ketones is 1. The van der Waals surface area contributed by atoms with E-state index < -0.39 is 12.6 Å². The molecule has 1 aromatic carbocycles. The maximum absolute atomic E-state index is 11.2. The molecule has 0 saturated carbocycles. The first-order valence-electron chi connectivity index (χ1n) is 4.19. The predicted molar refractivity (Wildman–Crippen MR) is 56.8 cm³/mol. The molecule has 0 bridgehead atoms. The van der Waals surface area contributed by atoms with Gasteiger partial charge in [0.2, 0.25) is 0 Å². The highest BCUT2D eigenvalue weighted by Gasteiger charge is 2.09. The molecule has 0 unspecified atom stereocenters. The summed E-state index contributed by atoms with van der Waals surface area (Å²) in [6.07, 6.45) is 0. The summed E-state index contributed by atoms with van der Waals surface area (Å²) in [6, 6.07) is 4.72. The minimum absolute atomic E-state index is 0.177. The predicted octanol–water partition coefficient (Wildman–Crippen LogP) is 1.64. The van der Waals surface area contributed by atoms with Crippen LogP contribution in [0.5, 0.6) is 5.75 Å². The zero-order valence-corrected chi connectivity index (χ0v) is 8.95. The van der Waals surface area contributed by atoms with E-state index in [1.807, 2.05) is 0 Å². The van der Waals surface area contributed by atoms with Crippen LogP contribution in [0.1, 0.15) is 17.3 Å². The van der Waals surface area contributed by atoms with Crippen molar-refractivity contribution in [2.24, 2.45) is 0 Å². The second-order valence-corrected chi connectivity index (χ2v) is 3.44.